The van der Waals surface area contributed by atoms with Crippen molar-refractivity contribution < 1.29 is 45.7 Å². The second kappa shape index (κ2) is 9.10. The number of alkyl halides is 6. The standard InChI is InChI=1S/C24H21F6NO4/c1-13-4-18(34-12-15-2-3-17(23(25,26)27)6-20(15)24(28,29)30)7-21-19(13)5-14(11-35-21)8-31-9-16(10-31)22(32)33/h2-7,16H,8-12H2,1H3,(H,32,33). The van der Waals surface area contributed by atoms with Crippen LogP contribution in [0.5, 0.6) is 11.5 Å². The Bertz CT molecular complexity index is 1170. The van der Waals surface area contributed by atoms with Crippen molar-refractivity contribution in [3.8, 4) is 11.5 Å². The largest absolute Gasteiger partial charge is 0.489 e. The Kier molecular flexibility index (Phi) is 6.48. The van der Waals surface area contributed by atoms with E-state index in [4.69, 9.17) is 14.6 Å². The number of hydrogen-bond acceptors (Lipinski definition) is 4. The molecule has 0 bridgehead atoms. The molecule has 0 aromatic heterocycles. The number of carbonyl (C=O) groups is 1. The molecule has 11 heteroatoms. The van der Waals surface area contributed by atoms with Crippen molar-refractivity contribution in [3.63, 3.8) is 0 Å². The van der Waals surface area contributed by atoms with Gasteiger partial charge in [-0.3, -0.25) is 9.69 Å². The molecule has 0 amide bonds. The van der Waals surface area contributed by atoms with Gasteiger partial charge in [0.1, 0.15) is 24.7 Å². The van der Waals surface area contributed by atoms with Crippen LogP contribution in [-0.2, 0) is 23.8 Å². The summed E-state index contributed by atoms with van der Waals surface area (Å²) in [6, 6.07) is 4.59. The molecule has 1 fully saturated rings. The van der Waals surface area contributed by atoms with Crippen LogP contribution in [-0.4, -0.2) is 42.2 Å². The van der Waals surface area contributed by atoms with E-state index < -0.39 is 41.6 Å². The highest BCUT2D eigenvalue weighted by Crippen LogP contribution is 2.38. The molecule has 2 aliphatic rings. The summed E-state index contributed by atoms with van der Waals surface area (Å²) in [6.45, 7) is 2.96. The average molecular weight is 501 g/mol. The van der Waals surface area contributed by atoms with Crippen LogP contribution >= 0.6 is 0 Å². The highest BCUT2D eigenvalue weighted by atomic mass is 19.4. The average Bonchev–Trinajstić information content (AvgIpc) is 2.73. The molecular weight excluding hydrogens is 480 g/mol. The second-order valence-electron chi connectivity index (χ2n) is 8.63. The minimum atomic E-state index is -4.98. The van der Waals surface area contributed by atoms with Gasteiger partial charge in [0.05, 0.1) is 17.0 Å². The number of rotatable bonds is 6. The van der Waals surface area contributed by atoms with Gasteiger partial charge in [-0.2, -0.15) is 26.3 Å². The Morgan fingerprint density at radius 3 is 2.46 bits per heavy atom. The zero-order valence-corrected chi connectivity index (χ0v) is 18.5. The molecule has 1 N–H and O–H groups in total. The molecule has 0 spiro atoms. The first-order valence-electron chi connectivity index (χ1n) is 10.6. The number of ether oxygens (including phenoxy) is 2. The van der Waals surface area contributed by atoms with E-state index in [1.54, 1.807) is 13.0 Å². The van der Waals surface area contributed by atoms with Crippen LogP contribution < -0.4 is 9.47 Å². The second-order valence-corrected chi connectivity index (χ2v) is 8.63. The number of carboxylic acids is 1. The maximum atomic E-state index is 13.4. The lowest BCUT2D eigenvalue weighted by Crippen LogP contribution is -2.51. The summed E-state index contributed by atoms with van der Waals surface area (Å²) >= 11 is 0. The van der Waals surface area contributed by atoms with Gasteiger partial charge in [-0.15, -0.1) is 0 Å². The molecule has 2 heterocycles. The Hall–Kier alpha value is -3.21. The minimum Gasteiger partial charge on any atom is -0.489 e. The molecule has 0 aliphatic carbocycles. The fourth-order valence-corrected chi connectivity index (χ4v) is 4.08. The highest BCUT2D eigenvalue weighted by molar-refractivity contribution is 5.72. The number of halogens is 6. The predicted octanol–water partition coefficient (Wildman–Crippen LogP) is 5.40. The number of benzene rings is 2. The Labute approximate surface area is 196 Å². The molecular formula is C24H21F6NO4. The molecule has 0 unspecified atom stereocenters. The molecule has 0 saturated carbocycles. The number of aliphatic carboxylic acids is 1. The normalized spacial score (nSPS) is 16.7. The van der Waals surface area contributed by atoms with E-state index >= 15 is 0 Å². The summed E-state index contributed by atoms with van der Waals surface area (Å²) in [5.41, 5.74) is -0.728. The lowest BCUT2D eigenvalue weighted by atomic mass is 9.97. The first-order chi connectivity index (χ1) is 16.3. The van der Waals surface area contributed by atoms with Crippen molar-refractivity contribution in [1.29, 1.82) is 0 Å². The van der Waals surface area contributed by atoms with Crippen LogP contribution in [0, 0.1) is 12.8 Å². The van der Waals surface area contributed by atoms with E-state index in [1.165, 1.54) is 6.07 Å². The molecule has 0 radical (unpaired) electrons. The van der Waals surface area contributed by atoms with Crippen LogP contribution in [0.25, 0.3) is 6.08 Å². The fourth-order valence-electron chi connectivity index (χ4n) is 4.08. The maximum Gasteiger partial charge on any atom is 0.416 e. The predicted molar refractivity (Wildman–Crippen MR) is 113 cm³/mol. The van der Waals surface area contributed by atoms with Gasteiger partial charge in [0.15, 0.2) is 0 Å². The highest BCUT2D eigenvalue weighted by Gasteiger charge is 2.38. The Morgan fingerprint density at radius 2 is 1.83 bits per heavy atom. The van der Waals surface area contributed by atoms with E-state index in [0.717, 1.165) is 22.8 Å². The van der Waals surface area contributed by atoms with E-state index in [-0.39, 0.29) is 24.3 Å². The van der Waals surface area contributed by atoms with E-state index in [9.17, 15) is 31.1 Å². The summed E-state index contributed by atoms with van der Waals surface area (Å²) in [5.74, 6) is -0.490. The van der Waals surface area contributed by atoms with Gasteiger partial charge in [-0.25, -0.2) is 0 Å². The molecule has 2 aromatic rings. The zero-order chi connectivity index (χ0) is 25.5. The van der Waals surface area contributed by atoms with E-state index in [0.29, 0.717) is 31.5 Å². The van der Waals surface area contributed by atoms with E-state index in [1.807, 2.05) is 11.0 Å². The SMILES string of the molecule is Cc1cc(OCc2ccc(C(F)(F)F)cc2C(F)(F)F)cc2c1C=C(CN1CC(C(=O)O)C1)CO2. The first kappa shape index (κ1) is 24.9. The molecule has 1 saturated heterocycles. The van der Waals surface area contributed by atoms with Gasteiger partial charge in [-0.1, -0.05) is 6.07 Å². The molecule has 188 valence electrons. The third-order valence-electron chi connectivity index (χ3n) is 5.95. The lowest BCUT2D eigenvalue weighted by molar-refractivity contribution is -0.147. The van der Waals surface area contributed by atoms with E-state index in [2.05, 4.69) is 0 Å². The number of likely N-dealkylation sites (tertiary alicyclic amines) is 1. The minimum absolute atomic E-state index is 0.0863. The van der Waals surface area contributed by atoms with Crippen LogP contribution in [0.1, 0.15) is 27.8 Å². The number of aryl methyl sites for hydroxylation is 1. The Morgan fingerprint density at radius 1 is 1.11 bits per heavy atom. The van der Waals surface area contributed by atoms with Crippen molar-refractivity contribution in [2.24, 2.45) is 5.92 Å². The van der Waals surface area contributed by atoms with Crippen LogP contribution in [0.2, 0.25) is 0 Å². The molecule has 35 heavy (non-hydrogen) atoms. The molecule has 5 nitrogen and oxygen atoms in total. The monoisotopic (exact) mass is 501 g/mol. The van der Waals surface area contributed by atoms with Crippen molar-refractivity contribution in [3.05, 3.63) is 63.7 Å². The number of carboxylic acid groups (broad SMARTS) is 1. The zero-order valence-electron chi connectivity index (χ0n) is 18.5. The lowest BCUT2D eigenvalue weighted by Gasteiger charge is -2.37. The third kappa shape index (κ3) is 5.55. The smallest absolute Gasteiger partial charge is 0.416 e. The number of nitrogens with zero attached hydrogens (tertiary/aromatic N) is 1. The quantitative estimate of drug-likeness (QED) is 0.537. The van der Waals surface area contributed by atoms with Crippen molar-refractivity contribution in [2.45, 2.75) is 25.9 Å². The summed E-state index contributed by atoms with van der Waals surface area (Å²) in [4.78, 5) is 12.9. The summed E-state index contributed by atoms with van der Waals surface area (Å²) in [5, 5.41) is 8.99. The van der Waals surface area contributed by atoms with Gasteiger partial charge in [0.25, 0.3) is 0 Å². The van der Waals surface area contributed by atoms with Gasteiger partial charge >= 0.3 is 18.3 Å². The topological polar surface area (TPSA) is 59.0 Å². The molecule has 0 atom stereocenters. The summed E-state index contributed by atoms with van der Waals surface area (Å²) in [7, 11) is 0. The van der Waals surface area contributed by atoms with Gasteiger partial charge in [-0.05, 0) is 42.3 Å². The van der Waals surface area contributed by atoms with Gasteiger partial charge in [0, 0.05) is 36.8 Å². The van der Waals surface area contributed by atoms with Crippen LogP contribution in [0.4, 0.5) is 26.3 Å². The molecule has 4 rings (SSSR count). The molecule has 2 aromatic carbocycles. The number of fused-ring (bicyclic) bond motifs is 1. The first-order valence-corrected chi connectivity index (χ1v) is 10.6. The van der Waals surface area contributed by atoms with Crippen LogP contribution in [0.15, 0.2) is 35.9 Å². The maximum absolute atomic E-state index is 13.4. The van der Waals surface area contributed by atoms with Crippen molar-refractivity contribution in [2.75, 3.05) is 26.2 Å². The number of hydrogen-bond donors (Lipinski definition) is 1. The van der Waals surface area contributed by atoms with Crippen molar-refractivity contribution in [1.82, 2.24) is 4.90 Å². The fraction of sp³-hybridized carbons (Fsp3) is 0.375. The summed E-state index contributed by atoms with van der Waals surface area (Å²) < 4.78 is 90.0. The Balaban J connectivity index is 1.48. The van der Waals surface area contributed by atoms with Crippen LogP contribution in [0.3, 0.4) is 0 Å². The third-order valence-corrected chi connectivity index (χ3v) is 5.95. The molecule has 2 aliphatic heterocycles. The van der Waals surface area contributed by atoms with Crippen molar-refractivity contribution >= 4 is 12.0 Å². The summed E-state index contributed by atoms with van der Waals surface area (Å²) in [6.07, 6.45) is -7.94. The van der Waals surface area contributed by atoms with Gasteiger partial charge < -0.3 is 14.6 Å². The van der Waals surface area contributed by atoms with Gasteiger partial charge in [0.2, 0.25) is 0 Å².